The van der Waals surface area contributed by atoms with Gasteiger partial charge in [0.25, 0.3) is 0 Å². The second-order valence-electron chi connectivity index (χ2n) is 5.29. The number of carbonyl (C=O) groups is 1. The van der Waals surface area contributed by atoms with Crippen molar-refractivity contribution in [2.75, 3.05) is 19.8 Å². The molecule has 4 heteroatoms. The first-order chi connectivity index (χ1) is 9.07. The lowest BCUT2D eigenvalue weighted by Crippen LogP contribution is -2.44. The molecule has 1 aliphatic heterocycles. The molecule has 1 aliphatic rings. The average molecular weight is 282 g/mol. The Labute approximate surface area is 119 Å². The lowest BCUT2D eigenvalue weighted by molar-refractivity contribution is -0.132. The van der Waals surface area contributed by atoms with E-state index in [1.54, 1.807) is 0 Å². The number of ether oxygens (including phenoxy) is 1. The van der Waals surface area contributed by atoms with Gasteiger partial charge in [-0.15, -0.1) is 0 Å². The van der Waals surface area contributed by atoms with Crippen molar-refractivity contribution in [3.05, 3.63) is 34.3 Å². The van der Waals surface area contributed by atoms with Crippen molar-refractivity contribution in [3.8, 4) is 0 Å². The monoisotopic (exact) mass is 281 g/mol. The van der Waals surface area contributed by atoms with Gasteiger partial charge in [0, 0.05) is 36.6 Å². The Kier molecular flexibility index (Phi) is 4.61. The number of hydrogen-bond acceptors (Lipinski definition) is 3. The van der Waals surface area contributed by atoms with E-state index in [0.717, 1.165) is 11.1 Å². The number of halogens is 1. The summed E-state index contributed by atoms with van der Waals surface area (Å²) in [4.78, 5) is 12.6. The van der Waals surface area contributed by atoms with Crippen LogP contribution in [0.2, 0.25) is 5.02 Å². The topological polar surface area (TPSA) is 52.3 Å². The van der Waals surface area contributed by atoms with Crippen LogP contribution in [-0.2, 0) is 16.0 Å². The zero-order chi connectivity index (χ0) is 13.9. The largest absolute Gasteiger partial charge is 0.381 e. The summed E-state index contributed by atoms with van der Waals surface area (Å²) in [6, 6.07) is 5.80. The summed E-state index contributed by atoms with van der Waals surface area (Å²) < 4.78 is 5.33. The van der Waals surface area contributed by atoms with Gasteiger partial charge in [0.1, 0.15) is 5.78 Å². The third kappa shape index (κ3) is 3.16. The first-order valence-corrected chi connectivity index (χ1v) is 7.01. The van der Waals surface area contributed by atoms with Gasteiger partial charge in [-0.3, -0.25) is 4.79 Å². The first kappa shape index (κ1) is 14.5. The Morgan fingerprint density at radius 1 is 1.42 bits per heavy atom. The zero-order valence-corrected chi connectivity index (χ0v) is 12.0. The van der Waals surface area contributed by atoms with Crippen LogP contribution < -0.4 is 5.73 Å². The highest BCUT2D eigenvalue weighted by molar-refractivity contribution is 6.31. The highest BCUT2D eigenvalue weighted by atomic mass is 35.5. The van der Waals surface area contributed by atoms with Gasteiger partial charge in [-0.05, 0) is 37.0 Å². The van der Waals surface area contributed by atoms with Crippen LogP contribution in [0.15, 0.2) is 18.2 Å². The fraction of sp³-hybridized carbons (Fsp3) is 0.533. The summed E-state index contributed by atoms with van der Waals surface area (Å²) in [6.45, 7) is 3.60. The highest BCUT2D eigenvalue weighted by Gasteiger charge is 2.38. The quantitative estimate of drug-likeness (QED) is 0.923. The molecule has 0 radical (unpaired) electrons. The van der Waals surface area contributed by atoms with Crippen LogP contribution in [0.25, 0.3) is 0 Å². The Balaban J connectivity index is 2.15. The molecule has 1 aromatic carbocycles. The molecule has 0 aliphatic carbocycles. The Bertz CT molecular complexity index is 467. The van der Waals surface area contributed by atoms with E-state index in [1.807, 2.05) is 25.1 Å². The number of ketones is 1. The Hall–Kier alpha value is -0.900. The number of aryl methyl sites for hydroxylation is 1. The summed E-state index contributed by atoms with van der Waals surface area (Å²) in [5.74, 6) is 0.184. The van der Waals surface area contributed by atoms with E-state index in [9.17, 15) is 4.79 Å². The number of nitrogens with two attached hydrogens (primary N) is 1. The van der Waals surface area contributed by atoms with Gasteiger partial charge in [0.05, 0.1) is 0 Å². The number of hydrogen-bond donors (Lipinski definition) is 1. The lowest BCUT2D eigenvalue weighted by Gasteiger charge is -2.34. The van der Waals surface area contributed by atoms with E-state index in [1.165, 1.54) is 0 Å². The molecule has 1 aromatic rings. The Morgan fingerprint density at radius 2 is 2.11 bits per heavy atom. The second-order valence-corrected chi connectivity index (χ2v) is 5.70. The van der Waals surface area contributed by atoms with Crippen molar-refractivity contribution in [1.82, 2.24) is 0 Å². The average Bonchev–Trinajstić information content (AvgIpc) is 2.42. The van der Waals surface area contributed by atoms with E-state index in [-0.39, 0.29) is 5.78 Å². The molecule has 0 spiro atoms. The molecule has 2 N–H and O–H groups in total. The van der Waals surface area contributed by atoms with E-state index < -0.39 is 5.41 Å². The predicted octanol–water partition coefficient (Wildman–Crippen LogP) is 2.52. The van der Waals surface area contributed by atoms with Gasteiger partial charge in [-0.2, -0.15) is 0 Å². The van der Waals surface area contributed by atoms with Crippen LogP contribution in [0.3, 0.4) is 0 Å². The lowest BCUT2D eigenvalue weighted by atomic mass is 9.74. The van der Waals surface area contributed by atoms with Crippen LogP contribution in [0.1, 0.15) is 24.0 Å². The molecule has 3 nitrogen and oxygen atoms in total. The van der Waals surface area contributed by atoms with Crippen molar-refractivity contribution < 1.29 is 9.53 Å². The molecule has 2 rings (SSSR count). The minimum Gasteiger partial charge on any atom is -0.381 e. The molecule has 19 heavy (non-hydrogen) atoms. The van der Waals surface area contributed by atoms with Gasteiger partial charge >= 0.3 is 0 Å². The summed E-state index contributed by atoms with van der Waals surface area (Å²) in [7, 11) is 0. The molecule has 0 aromatic heterocycles. The minimum absolute atomic E-state index is 0.184. The molecule has 104 valence electrons. The summed E-state index contributed by atoms with van der Waals surface area (Å²) in [5, 5.41) is 0.660. The standard InChI is InChI=1S/C15H20ClNO2/c1-11-2-3-12(13(16)8-11)9-14(18)15(10-17)4-6-19-7-5-15/h2-3,8H,4-7,9-10,17H2,1H3. The molecule has 0 bridgehead atoms. The predicted molar refractivity (Wildman–Crippen MR) is 76.4 cm³/mol. The van der Waals surface area contributed by atoms with Crippen LogP contribution in [0.5, 0.6) is 0 Å². The summed E-state index contributed by atoms with van der Waals surface area (Å²) >= 11 is 6.19. The van der Waals surface area contributed by atoms with Crippen LogP contribution in [0.4, 0.5) is 0 Å². The van der Waals surface area contributed by atoms with Crippen molar-refractivity contribution in [1.29, 1.82) is 0 Å². The zero-order valence-electron chi connectivity index (χ0n) is 11.2. The van der Waals surface area contributed by atoms with Crippen LogP contribution in [0, 0.1) is 12.3 Å². The maximum absolute atomic E-state index is 12.6. The smallest absolute Gasteiger partial charge is 0.144 e. The van der Waals surface area contributed by atoms with Gasteiger partial charge in [-0.25, -0.2) is 0 Å². The first-order valence-electron chi connectivity index (χ1n) is 6.63. The van der Waals surface area contributed by atoms with E-state index >= 15 is 0 Å². The van der Waals surface area contributed by atoms with Gasteiger partial charge in [0.15, 0.2) is 0 Å². The molecular weight excluding hydrogens is 262 g/mol. The van der Waals surface area contributed by atoms with Gasteiger partial charge < -0.3 is 10.5 Å². The maximum atomic E-state index is 12.6. The summed E-state index contributed by atoms with van der Waals surface area (Å²) in [5.41, 5.74) is 7.41. The fourth-order valence-electron chi connectivity index (χ4n) is 2.52. The normalized spacial score (nSPS) is 18.3. The molecule has 1 saturated heterocycles. The number of carbonyl (C=O) groups excluding carboxylic acids is 1. The summed E-state index contributed by atoms with van der Waals surface area (Å²) in [6.07, 6.45) is 1.79. The van der Waals surface area contributed by atoms with Crippen molar-refractivity contribution >= 4 is 17.4 Å². The molecule has 0 atom stereocenters. The number of rotatable bonds is 4. The van der Waals surface area contributed by atoms with Crippen molar-refractivity contribution in [3.63, 3.8) is 0 Å². The maximum Gasteiger partial charge on any atom is 0.144 e. The second kappa shape index (κ2) is 6.04. The molecule has 0 saturated carbocycles. The molecule has 0 amide bonds. The van der Waals surface area contributed by atoms with Crippen LogP contribution >= 0.6 is 11.6 Å². The SMILES string of the molecule is Cc1ccc(CC(=O)C2(CN)CCOCC2)c(Cl)c1. The van der Waals surface area contributed by atoms with Crippen LogP contribution in [-0.4, -0.2) is 25.5 Å². The fourth-order valence-corrected chi connectivity index (χ4v) is 2.82. The molecular formula is C15H20ClNO2. The number of Topliss-reactive ketones (excluding diaryl/α,β-unsaturated/α-hetero) is 1. The highest BCUT2D eigenvalue weighted by Crippen LogP contribution is 2.32. The third-order valence-corrected chi connectivity index (χ3v) is 4.34. The molecule has 1 heterocycles. The number of benzene rings is 1. The van der Waals surface area contributed by atoms with Crippen molar-refractivity contribution in [2.45, 2.75) is 26.2 Å². The van der Waals surface area contributed by atoms with E-state index in [2.05, 4.69) is 0 Å². The van der Waals surface area contributed by atoms with Crippen molar-refractivity contribution in [2.24, 2.45) is 11.1 Å². The van der Waals surface area contributed by atoms with Gasteiger partial charge in [-0.1, -0.05) is 23.7 Å². The molecule has 0 unspecified atom stereocenters. The minimum atomic E-state index is -0.424. The Morgan fingerprint density at radius 3 is 2.68 bits per heavy atom. The molecule has 1 fully saturated rings. The van der Waals surface area contributed by atoms with E-state index in [0.29, 0.717) is 44.0 Å². The van der Waals surface area contributed by atoms with E-state index in [4.69, 9.17) is 22.1 Å². The third-order valence-electron chi connectivity index (χ3n) is 3.99. The van der Waals surface area contributed by atoms with Gasteiger partial charge in [0.2, 0.25) is 0 Å².